The molecule has 0 saturated heterocycles. The highest BCUT2D eigenvalue weighted by Gasteiger charge is 2.05. The second-order valence-electron chi connectivity index (χ2n) is 3.47. The minimum atomic E-state index is -3.21. The van der Waals surface area contributed by atoms with E-state index in [0.29, 0.717) is 5.69 Å². The van der Waals surface area contributed by atoms with Gasteiger partial charge in [0.1, 0.15) is 0 Å². The van der Waals surface area contributed by atoms with Gasteiger partial charge in [-0.15, -0.1) is 0 Å². The molecular weight excluding hydrogens is 224 g/mol. The minimum Gasteiger partial charge on any atom is -0.284 e. The van der Waals surface area contributed by atoms with Crippen LogP contribution in [0.1, 0.15) is 5.56 Å². The number of rotatable bonds is 3. The van der Waals surface area contributed by atoms with Gasteiger partial charge in [-0.3, -0.25) is 10.0 Å². The van der Waals surface area contributed by atoms with Crippen molar-refractivity contribution in [1.29, 1.82) is 0 Å². The number of sulfonamides is 1. The normalized spacial score (nSPS) is 14.4. The van der Waals surface area contributed by atoms with Crippen LogP contribution in [0.3, 0.4) is 0 Å². The molecule has 1 heterocycles. The van der Waals surface area contributed by atoms with Gasteiger partial charge >= 0.3 is 0 Å². The van der Waals surface area contributed by atoms with Gasteiger partial charge in [-0.2, -0.15) is 0 Å². The summed E-state index contributed by atoms with van der Waals surface area (Å²) >= 11 is 0. The van der Waals surface area contributed by atoms with Crippen molar-refractivity contribution >= 4 is 21.4 Å². The van der Waals surface area contributed by atoms with Gasteiger partial charge in [-0.05, 0) is 24.3 Å². The van der Waals surface area contributed by atoms with E-state index in [4.69, 9.17) is 0 Å². The maximum Gasteiger partial charge on any atom is 0.229 e. The lowest BCUT2D eigenvalue weighted by molar-refractivity contribution is 0.607. The lowest BCUT2D eigenvalue weighted by Crippen LogP contribution is -2.09. The standard InChI is InChI=1S/C11H11N2O2S/c1-16(14,15)13-10-6-4-9(5-7-10)11-3-2-8-12-11/h2-8,13H,1H3. The van der Waals surface area contributed by atoms with Crippen molar-refractivity contribution < 1.29 is 8.42 Å². The summed E-state index contributed by atoms with van der Waals surface area (Å²) in [5, 5.41) is 4.15. The molecule has 2 rings (SSSR count). The van der Waals surface area contributed by atoms with E-state index in [1.54, 1.807) is 18.3 Å². The molecular formula is C11H11N2O2S. The Bertz CT molecular complexity index is 542. The Morgan fingerprint density at radius 1 is 1.19 bits per heavy atom. The van der Waals surface area contributed by atoms with Gasteiger partial charge in [0.25, 0.3) is 0 Å². The molecule has 0 unspecified atom stereocenters. The molecule has 1 aromatic rings. The predicted octanol–water partition coefficient (Wildman–Crippen LogP) is 1.53. The molecule has 0 bridgehead atoms. The van der Waals surface area contributed by atoms with E-state index in [0.717, 1.165) is 17.5 Å². The second-order valence-corrected chi connectivity index (χ2v) is 5.22. The summed E-state index contributed by atoms with van der Waals surface area (Å²) in [6, 6.07) is 7.09. The average Bonchev–Trinajstić information content (AvgIpc) is 2.69. The van der Waals surface area contributed by atoms with Crippen LogP contribution < -0.4 is 10.0 Å². The van der Waals surface area contributed by atoms with Gasteiger partial charge in [0.05, 0.1) is 12.0 Å². The van der Waals surface area contributed by atoms with Gasteiger partial charge in [-0.25, -0.2) is 8.42 Å². The monoisotopic (exact) mass is 235 g/mol. The molecule has 0 aliphatic carbocycles. The zero-order valence-electron chi connectivity index (χ0n) is 8.71. The van der Waals surface area contributed by atoms with E-state index in [2.05, 4.69) is 10.0 Å². The Hall–Kier alpha value is -1.75. The molecule has 5 heteroatoms. The molecule has 1 aliphatic rings. The highest BCUT2D eigenvalue weighted by Crippen LogP contribution is 2.19. The minimum absolute atomic E-state index is 0.554. The van der Waals surface area contributed by atoms with Crippen molar-refractivity contribution in [2.75, 3.05) is 11.0 Å². The smallest absolute Gasteiger partial charge is 0.229 e. The third-order valence-electron chi connectivity index (χ3n) is 2.04. The van der Waals surface area contributed by atoms with Crippen LogP contribution >= 0.6 is 0 Å². The maximum atomic E-state index is 11.0. The molecule has 1 N–H and O–H groups in total. The van der Waals surface area contributed by atoms with Crippen molar-refractivity contribution in [3.05, 3.63) is 48.2 Å². The van der Waals surface area contributed by atoms with Crippen LogP contribution in [0.4, 0.5) is 5.69 Å². The first-order valence-electron chi connectivity index (χ1n) is 4.70. The quantitative estimate of drug-likeness (QED) is 0.863. The molecule has 1 radical (unpaired) electrons. The molecule has 0 spiro atoms. The Balaban J connectivity index is 2.17. The Morgan fingerprint density at radius 2 is 1.88 bits per heavy atom. The molecule has 0 atom stereocenters. The SMILES string of the molecule is CS(=O)(=O)Nc1ccc(C2=CC=C[N]2)cc1. The van der Waals surface area contributed by atoms with Crippen molar-refractivity contribution in [3.8, 4) is 0 Å². The molecule has 83 valence electrons. The highest BCUT2D eigenvalue weighted by atomic mass is 32.2. The third kappa shape index (κ3) is 2.64. The van der Waals surface area contributed by atoms with Gasteiger partial charge in [0, 0.05) is 17.5 Å². The third-order valence-corrected chi connectivity index (χ3v) is 2.64. The first-order valence-corrected chi connectivity index (χ1v) is 6.60. The fraction of sp³-hybridized carbons (Fsp3) is 0.0909. The summed E-state index contributed by atoms with van der Waals surface area (Å²) in [6.45, 7) is 0. The fourth-order valence-corrected chi connectivity index (χ4v) is 1.96. The maximum absolute atomic E-state index is 11.0. The molecule has 0 saturated carbocycles. The zero-order chi connectivity index (χ0) is 11.6. The van der Waals surface area contributed by atoms with Crippen LogP contribution in [0.25, 0.3) is 5.70 Å². The van der Waals surface area contributed by atoms with Gasteiger partial charge < -0.3 is 0 Å². The largest absolute Gasteiger partial charge is 0.284 e. The number of anilines is 1. The summed E-state index contributed by atoms with van der Waals surface area (Å²) in [6.07, 6.45) is 6.61. The van der Waals surface area contributed by atoms with Crippen molar-refractivity contribution in [2.45, 2.75) is 0 Å². The van der Waals surface area contributed by atoms with Crippen molar-refractivity contribution in [3.63, 3.8) is 0 Å². The van der Waals surface area contributed by atoms with E-state index >= 15 is 0 Å². The van der Waals surface area contributed by atoms with Crippen molar-refractivity contribution in [2.24, 2.45) is 0 Å². The number of allylic oxidation sites excluding steroid dienone is 2. The first kappa shape index (κ1) is 10.8. The lowest BCUT2D eigenvalue weighted by Gasteiger charge is -2.05. The van der Waals surface area contributed by atoms with E-state index in [9.17, 15) is 8.42 Å². The number of hydrogen-bond donors (Lipinski definition) is 1. The highest BCUT2D eigenvalue weighted by molar-refractivity contribution is 7.92. The average molecular weight is 235 g/mol. The molecule has 16 heavy (non-hydrogen) atoms. The zero-order valence-corrected chi connectivity index (χ0v) is 9.53. The van der Waals surface area contributed by atoms with Gasteiger partial charge in [-0.1, -0.05) is 12.1 Å². The predicted molar refractivity (Wildman–Crippen MR) is 64.2 cm³/mol. The van der Waals surface area contributed by atoms with E-state index < -0.39 is 10.0 Å². The number of benzene rings is 1. The summed E-state index contributed by atoms with van der Waals surface area (Å²) in [7, 11) is -3.21. The molecule has 0 amide bonds. The van der Waals surface area contributed by atoms with E-state index in [1.807, 2.05) is 24.3 Å². The van der Waals surface area contributed by atoms with Crippen LogP contribution in [-0.2, 0) is 10.0 Å². The van der Waals surface area contributed by atoms with Crippen LogP contribution in [-0.4, -0.2) is 14.7 Å². The summed E-state index contributed by atoms with van der Waals surface area (Å²) in [5.41, 5.74) is 2.40. The lowest BCUT2D eigenvalue weighted by atomic mass is 10.1. The summed E-state index contributed by atoms with van der Waals surface area (Å²) < 4.78 is 24.4. The van der Waals surface area contributed by atoms with Crippen LogP contribution in [0.15, 0.2) is 42.6 Å². The molecule has 0 aromatic heterocycles. The molecule has 4 nitrogen and oxygen atoms in total. The van der Waals surface area contributed by atoms with E-state index in [1.165, 1.54) is 0 Å². The molecule has 1 aromatic carbocycles. The van der Waals surface area contributed by atoms with Crippen LogP contribution in [0, 0.1) is 0 Å². The van der Waals surface area contributed by atoms with Crippen molar-refractivity contribution in [1.82, 2.24) is 5.32 Å². The van der Waals surface area contributed by atoms with E-state index in [-0.39, 0.29) is 0 Å². The number of nitrogens with zero attached hydrogens (tertiary/aromatic N) is 1. The summed E-state index contributed by atoms with van der Waals surface area (Å²) in [5.74, 6) is 0. The Labute approximate surface area is 94.7 Å². The Kier molecular flexibility index (Phi) is 2.70. The number of nitrogens with one attached hydrogen (secondary N) is 1. The molecule has 0 fully saturated rings. The first-order chi connectivity index (χ1) is 7.54. The fourth-order valence-electron chi connectivity index (χ4n) is 1.39. The van der Waals surface area contributed by atoms with Crippen LogP contribution in [0.2, 0.25) is 0 Å². The second kappa shape index (κ2) is 4.02. The van der Waals surface area contributed by atoms with Crippen LogP contribution in [0.5, 0.6) is 0 Å². The molecule has 1 aliphatic heterocycles. The Morgan fingerprint density at radius 3 is 2.38 bits per heavy atom. The topological polar surface area (TPSA) is 60.3 Å². The summed E-state index contributed by atoms with van der Waals surface area (Å²) in [4.78, 5) is 0. The number of hydrogen-bond acceptors (Lipinski definition) is 2. The van der Waals surface area contributed by atoms with Gasteiger partial charge in [0.15, 0.2) is 0 Å². The van der Waals surface area contributed by atoms with Gasteiger partial charge in [0.2, 0.25) is 10.0 Å².